The van der Waals surface area contributed by atoms with Crippen LogP contribution < -0.4 is 4.90 Å². The highest BCUT2D eigenvalue weighted by Crippen LogP contribution is 2.43. The molecule has 2 aromatic carbocycles. The quantitative estimate of drug-likeness (QED) is 0.134. The van der Waals surface area contributed by atoms with Gasteiger partial charge < -0.3 is 9.84 Å². The summed E-state index contributed by atoms with van der Waals surface area (Å²) in [6.07, 6.45) is 11.4. The molecule has 12 nitrogen and oxygen atoms in total. The topological polar surface area (TPSA) is 137 Å². The number of fused-ring (bicyclic) bond motifs is 4. The van der Waals surface area contributed by atoms with Gasteiger partial charge in [-0.1, -0.05) is 24.3 Å². The average Bonchev–Trinajstić information content (AvgIpc) is 4.12. The number of nitrogens with zero attached hydrogens (tertiary/aromatic N) is 9. The predicted octanol–water partition coefficient (Wildman–Crippen LogP) is 8.39. The molecule has 0 spiro atoms. The number of aliphatic hydroxyl groups is 1. The summed E-state index contributed by atoms with van der Waals surface area (Å²) in [5.41, 5.74) is 12.5. The molecule has 59 heavy (non-hydrogen) atoms. The molecule has 13 heteroatoms. The highest BCUT2D eigenvalue weighted by Gasteiger charge is 2.40. The molecule has 2 unspecified atom stereocenters. The summed E-state index contributed by atoms with van der Waals surface area (Å²) in [6, 6.07) is 28.0. The number of carbonyl (C=O) groups is 1. The van der Waals surface area contributed by atoms with Gasteiger partial charge in [-0.2, -0.15) is 10.2 Å². The van der Waals surface area contributed by atoms with Crippen molar-refractivity contribution < 1.29 is 14.6 Å². The molecule has 0 bridgehead atoms. The van der Waals surface area contributed by atoms with Gasteiger partial charge in [0.2, 0.25) is 0 Å². The lowest BCUT2D eigenvalue weighted by Crippen LogP contribution is -2.41. The molecule has 8 aromatic rings. The maximum atomic E-state index is 13.6. The van der Waals surface area contributed by atoms with Crippen molar-refractivity contribution in [3.8, 4) is 45.0 Å². The monoisotopic (exact) mass is 797 g/mol. The number of amides is 1. The van der Waals surface area contributed by atoms with Crippen molar-refractivity contribution in [2.45, 2.75) is 61.4 Å². The van der Waals surface area contributed by atoms with Crippen molar-refractivity contribution in [3.63, 3.8) is 0 Å². The molecule has 1 saturated heterocycles. The Morgan fingerprint density at radius 3 is 1.92 bits per heavy atom. The number of hydrogen-bond donors (Lipinski definition) is 1. The van der Waals surface area contributed by atoms with E-state index in [1.807, 2.05) is 73.2 Å². The summed E-state index contributed by atoms with van der Waals surface area (Å²) < 4.78 is 9.98. The van der Waals surface area contributed by atoms with Gasteiger partial charge in [-0.3, -0.25) is 34.2 Å². The van der Waals surface area contributed by atoms with Crippen LogP contribution in [0.1, 0.15) is 30.7 Å². The molecular weight excluding hydrogens is 759 g/mol. The Labute approximate surface area is 343 Å². The van der Waals surface area contributed by atoms with Crippen LogP contribution in [-0.2, 0) is 30.7 Å². The van der Waals surface area contributed by atoms with E-state index in [1.165, 1.54) is 11.4 Å². The highest BCUT2D eigenvalue weighted by atomic mass is 32.2. The first-order chi connectivity index (χ1) is 29.1. The second-order valence-electron chi connectivity index (χ2n) is 15.2. The number of thioether (sulfide) groups is 1. The molecule has 2 atom stereocenters. The second kappa shape index (κ2) is 14.7. The van der Waals surface area contributed by atoms with E-state index in [9.17, 15) is 9.90 Å². The number of benzene rings is 2. The van der Waals surface area contributed by atoms with Gasteiger partial charge in [0.25, 0.3) is 0 Å². The van der Waals surface area contributed by atoms with Crippen LogP contribution in [0.4, 0.5) is 10.5 Å². The van der Waals surface area contributed by atoms with Gasteiger partial charge in [0, 0.05) is 93.6 Å². The largest absolute Gasteiger partial charge is 0.447 e. The third kappa shape index (κ3) is 6.14. The fourth-order valence-corrected chi connectivity index (χ4v) is 10.4. The normalized spacial score (nSPS) is 16.5. The van der Waals surface area contributed by atoms with Crippen LogP contribution in [0.15, 0.2) is 115 Å². The second-order valence-corrected chi connectivity index (χ2v) is 16.5. The molecule has 0 aliphatic carbocycles. The summed E-state index contributed by atoms with van der Waals surface area (Å²) >= 11 is 1.63. The highest BCUT2D eigenvalue weighted by molar-refractivity contribution is 8.00. The summed E-state index contributed by atoms with van der Waals surface area (Å²) in [5, 5.41) is 22.2. The number of aliphatic hydroxyl groups excluding tert-OH is 1. The van der Waals surface area contributed by atoms with Crippen molar-refractivity contribution in [3.05, 3.63) is 121 Å². The van der Waals surface area contributed by atoms with Crippen LogP contribution in [0.5, 0.6) is 0 Å². The molecule has 3 aliphatic rings. The summed E-state index contributed by atoms with van der Waals surface area (Å²) in [7, 11) is 0. The minimum Gasteiger partial charge on any atom is -0.447 e. The maximum Gasteiger partial charge on any atom is 0.414 e. The van der Waals surface area contributed by atoms with E-state index < -0.39 is 6.09 Å². The molecule has 0 radical (unpaired) electrons. The third-order valence-electron chi connectivity index (χ3n) is 11.8. The van der Waals surface area contributed by atoms with Crippen LogP contribution in [0.2, 0.25) is 0 Å². The average molecular weight is 798 g/mol. The van der Waals surface area contributed by atoms with Gasteiger partial charge in [-0.05, 0) is 104 Å². The SMILES string of the molecule is O=C1OCC(C(CCO)Sc2ccc3c(-c4c(-c5ccccn5)nn5c4CCC5)ccnc3c2)N1c1ccc2c(-c3c(-c4ccccn4)nn4c3CCC4)ccnc2c1. The summed E-state index contributed by atoms with van der Waals surface area (Å²) in [4.78, 5) is 35.2. The molecule has 292 valence electrons. The Morgan fingerprint density at radius 2 is 1.32 bits per heavy atom. The van der Waals surface area contributed by atoms with E-state index in [-0.39, 0.29) is 24.5 Å². The Morgan fingerprint density at radius 1 is 0.712 bits per heavy atom. The van der Waals surface area contributed by atoms with Crippen molar-refractivity contribution in [1.29, 1.82) is 0 Å². The molecule has 1 amide bonds. The zero-order chi connectivity index (χ0) is 39.5. The molecule has 11 rings (SSSR count). The number of cyclic esters (lactones) is 1. The molecule has 3 aliphatic heterocycles. The Balaban J connectivity index is 0.918. The number of rotatable bonds is 10. The van der Waals surface area contributed by atoms with Crippen LogP contribution in [0.25, 0.3) is 66.8 Å². The third-order valence-corrected chi connectivity index (χ3v) is 13.2. The van der Waals surface area contributed by atoms with Crippen LogP contribution in [0.3, 0.4) is 0 Å². The van der Waals surface area contributed by atoms with Gasteiger partial charge in [0.15, 0.2) is 0 Å². The van der Waals surface area contributed by atoms with Crippen LogP contribution >= 0.6 is 11.8 Å². The first kappa shape index (κ1) is 35.7. The van der Waals surface area contributed by atoms with E-state index in [2.05, 4.69) is 49.7 Å². The summed E-state index contributed by atoms with van der Waals surface area (Å²) in [6.45, 7) is 1.95. The van der Waals surface area contributed by atoms with Gasteiger partial charge in [0.05, 0.1) is 28.5 Å². The Hall–Kier alpha value is -6.44. The zero-order valence-electron chi connectivity index (χ0n) is 32.1. The molecule has 1 N–H and O–H groups in total. The van der Waals surface area contributed by atoms with E-state index in [0.29, 0.717) is 12.1 Å². The van der Waals surface area contributed by atoms with E-state index in [4.69, 9.17) is 24.9 Å². The fraction of sp³-hybridized carbons (Fsp3) is 0.239. The van der Waals surface area contributed by atoms with Gasteiger partial charge in [-0.25, -0.2) is 4.79 Å². The number of aryl methyl sites for hydroxylation is 2. The molecular formula is C46H39N9O3S. The van der Waals surface area contributed by atoms with Crippen molar-refractivity contribution in [2.24, 2.45) is 0 Å². The number of aromatic nitrogens is 8. The van der Waals surface area contributed by atoms with Crippen molar-refractivity contribution in [1.82, 2.24) is 39.5 Å². The van der Waals surface area contributed by atoms with Crippen molar-refractivity contribution >= 4 is 45.3 Å². The molecule has 6 aromatic heterocycles. The Bertz CT molecular complexity index is 2900. The van der Waals surface area contributed by atoms with Crippen molar-refractivity contribution in [2.75, 3.05) is 18.1 Å². The number of carbonyl (C=O) groups excluding carboxylic acids is 1. The fourth-order valence-electron chi connectivity index (χ4n) is 9.16. The molecule has 0 saturated carbocycles. The Kier molecular flexibility index (Phi) is 8.92. The number of pyridine rings is 4. The first-order valence-corrected chi connectivity index (χ1v) is 21.0. The van der Waals surface area contributed by atoms with Crippen LogP contribution in [-0.4, -0.2) is 75.2 Å². The number of anilines is 1. The number of hydrogen-bond acceptors (Lipinski definition) is 10. The lowest BCUT2D eigenvalue weighted by atomic mass is 9.96. The molecule has 9 heterocycles. The van der Waals surface area contributed by atoms with Crippen LogP contribution in [0, 0.1) is 0 Å². The predicted molar refractivity (Wildman–Crippen MR) is 228 cm³/mol. The first-order valence-electron chi connectivity index (χ1n) is 20.2. The van der Waals surface area contributed by atoms with Gasteiger partial charge in [0.1, 0.15) is 18.0 Å². The minimum absolute atomic E-state index is 0.0352. The smallest absolute Gasteiger partial charge is 0.414 e. The maximum absolute atomic E-state index is 13.6. The molecule has 1 fully saturated rings. The number of ether oxygens (including phenoxy) is 1. The van der Waals surface area contributed by atoms with E-state index >= 15 is 0 Å². The van der Waals surface area contributed by atoms with E-state index in [1.54, 1.807) is 22.9 Å². The lowest BCUT2D eigenvalue weighted by molar-refractivity contribution is 0.178. The van der Waals surface area contributed by atoms with Gasteiger partial charge >= 0.3 is 6.09 Å². The summed E-state index contributed by atoms with van der Waals surface area (Å²) in [5.74, 6) is 0. The minimum atomic E-state index is -0.414. The zero-order valence-corrected chi connectivity index (χ0v) is 32.9. The standard InChI is InChI=1S/C46H39N9O3S/c56-24-17-41(59-29-12-14-31-33(16-21-50-37(31)26-29)43-39-10-6-23-54(39)52-45(43)35-8-2-4-19-48-35)40-27-58-46(57)55(40)28-11-13-30-32(15-20-49-36(30)25-28)42-38-9-5-22-53(38)51-44(42)34-7-1-3-18-47-34/h1-4,7-8,11-16,18-21,25-26,40-41,56H,5-6,9-10,17,22-24,27H2. The van der Waals surface area contributed by atoms with Gasteiger partial charge in [-0.15, -0.1) is 11.8 Å². The lowest BCUT2D eigenvalue weighted by Gasteiger charge is -2.28. The van der Waals surface area contributed by atoms with E-state index in [0.717, 1.165) is 111 Å².